The first-order valence-electron chi connectivity index (χ1n) is 6.28. The number of hydrogen-bond acceptors (Lipinski definition) is 0. The van der Waals surface area contributed by atoms with Gasteiger partial charge in [-0.1, -0.05) is 36.8 Å². The lowest BCUT2D eigenvalue weighted by atomic mass is 9.55. The molecule has 0 aromatic carbocycles. The maximum atomic E-state index is 3.16. The van der Waals surface area contributed by atoms with Crippen LogP contribution in [0.4, 0.5) is 0 Å². The molecule has 1 atom stereocenters. The monoisotopic (exact) mass is 198 g/mol. The zero-order valence-corrected chi connectivity index (χ0v) is 9.47. The second-order valence-corrected chi connectivity index (χ2v) is 4.64. The van der Waals surface area contributed by atoms with Crippen LogP contribution >= 0.6 is 0 Å². The van der Waals surface area contributed by atoms with Crippen molar-refractivity contribution < 1.29 is 0 Å². The summed E-state index contributed by atoms with van der Waals surface area (Å²) < 4.78 is 0. The first-order chi connectivity index (χ1) is 7.45. The van der Waals surface area contributed by atoms with Gasteiger partial charge in [0, 0.05) is 6.42 Å². The molecule has 0 spiro atoms. The fourth-order valence-electron chi connectivity index (χ4n) is 2.46. The molecular formula is C14H19B. The highest BCUT2D eigenvalue weighted by Gasteiger charge is 2.12. The Balaban J connectivity index is 1.90. The first-order valence-corrected chi connectivity index (χ1v) is 6.28. The molecule has 1 heteroatoms. The lowest BCUT2D eigenvalue weighted by molar-refractivity contribution is 0.714. The molecule has 0 radical (unpaired) electrons. The largest absolute Gasteiger partial charge is 0.159 e. The smallest absolute Gasteiger partial charge is 0.109 e. The maximum Gasteiger partial charge on any atom is 0.159 e. The van der Waals surface area contributed by atoms with Gasteiger partial charge in [-0.3, -0.25) is 0 Å². The quantitative estimate of drug-likeness (QED) is 0.471. The molecule has 0 aromatic rings. The summed E-state index contributed by atoms with van der Waals surface area (Å²) in [7, 11) is 1.29. The summed E-state index contributed by atoms with van der Waals surface area (Å²) >= 11 is 0. The topological polar surface area (TPSA) is 0 Å². The third kappa shape index (κ3) is 3.63. The van der Waals surface area contributed by atoms with Gasteiger partial charge in [-0.05, 0) is 37.6 Å². The van der Waals surface area contributed by atoms with Gasteiger partial charge in [0.05, 0.1) is 0 Å². The van der Waals surface area contributed by atoms with E-state index >= 15 is 0 Å². The molecule has 0 amide bonds. The molecule has 2 aliphatic rings. The van der Waals surface area contributed by atoms with Crippen LogP contribution in [0.15, 0.2) is 23.7 Å². The zero-order chi connectivity index (χ0) is 10.3. The summed E-state index contributed by atoms with van der Waals surface area (Å²) in [5, 5.41) is 0. The van der Waals surface area contributed by atoms with Crippen LogP contribution in [0.5, 0.6) is 0 Å². The molecule has 78 valence electrons. The Bertz CT molecular complexity index is 314. The van der Waals surface area contributed by atoms with Crippen molar-refractivity contribution >= 4 is 7.28 Å². The van der Waals surface area contributed by atoms with Gasteiger partial charge in [0.1, 0.15) is 0 Å². The summed E-state index contributed by atoms with van der Waals surface area (Å²) in [5.41, 5.74) is 1.70. The summed E-state index contributed by atoms with van der Waals surface area (Å²) in [6, 6.07) is 0. The third-order valence-corrected chi connectivity index (χ3v) is 3.34. The van der Waals surface area contributed by atoms with Gasteiger partial charge in [-0.25, -0.2) is 0 Å². The Morgan fingerprint density at radius 2 is 2.27 bits per heavy atom. The summed E-state index contributed by atoms with van der Waals surface area (Å²) in [4.78, 5) is 0. The number of rotatable bonds is 2. The van der Waals surface area contributed by atoms with Crippen molar-refractivity contribution in [2.45, 2.75) is 50.8 Å². The van der Waals surface area contributed by atoms with E-state index in [4.69, 9.17) is 0 Å². The molecule has 0 bridgehead atoms. The molecule has 0 N–H and O–H groups in total. The minimum absolute atomic E-state index is 0.754. The van der Waals surface area contributed by atoms with Crippen molar-refractivity contribution in [3.8, 4) is 11.8 Å². The molecule has 2 rings (SSSR count). The van der Waals surface area contributed by atoms with E-state index in [1.165, 1.54) is 45.8 Å². The van der Waals surface area contributed by atoms with E-state index in [1.54, 1.807) is 5.47 Å². The maximum absolute atomic E-state index is 3.16. The minimum Gasteiger partial charge on any atom is -0.109 e. The molecule has 0 heterocycles. The number of hydrogen-bond donors (Lipinski definition) is 0. The van der Waals surface area contributed by atoms with Crippen LogP contribution in [0.3, 0.4) is 0 Å². The lowest BCUT2D eigenvalue weighted by Gasteiger charge is -2.16. The van der Waals surface area contributed by atoms with Gasteiger partial charge in [0.25, 0.3) is 0 Å². The van der Waals surface area contributed by atoms with Crippen LogP contribution in [0.2, 0.25) is 5.82 Å². The SMILES string of the molecule is B(C1=CCCCC1)[C@@H]1/C=C\C#CCCC1. The highest BCUT2D eigenvalue weighted by atomic mass is 14.0. The van der Waals surface area contributed by atoms with Gasteiger partial charge in [-0.15, -0.1) is 5.47 Å². The van der Waals surface area contributed by atoms with Crippen molar-refractivity contribution in [2.24, 2.45) is 0 Å². The van der Waals surface area contributed by atoms with E-state index in [0.29, 0.717) is 0 Å². The van der Waals surface area contributed by atoms with Gasteiger partial charge in [-0.2, -0.15) is 0 Å². The number of allylic oxidation sites excluding steroid dienone is 4. The van der Waals surface area contributed by atoms with Crippen LogP contribution in [-0.4, -0.2) is 7.28 Å². The highest BCUT2D eigenvalue weighted by molar-refractivity contribution is 6.47. The van der Waals surface area contributed by atoms with Crippen LogP contribution in [0, 0.1) is 11.8 Å². The van der Waals surface area contributed by atoms with Gasteiger partial charge in [0.2, 0.25) is 0 Å². The summed E-state index contributed by atoms with van der Waals surface area (Å²) in [6.45, 7) is 0. The fraction of sp³-hybridized carbons (Fsp3) is 0.571. The molecule has 0 saturated heterocycles. The van der Waals surface area contributed by atoms with Crippen LogP contribution < -0.4 is 0 Å². The van der Waals surface area contributed by atoms with Crippen molar-refractivity contribution in [1.29, 1.82) is 0 Å². The van der Waals surface area contributed by atoms with E-state index in [0.717, 1.165) is 12.2 Å². The zero-order valence-electron chi connectivity index (χ0n) is 9.47. The van der Waals surface area contributed by atoms with Crippen molar-refractivity contribution in [1.82, 2.24) is 0 Å². The van der Waals surface area contributed by atoms with Gasteiger partial charge >= 0.3 is 0 Å². The van der Waals surface area contributed by atoms with E-state index in [9.17, 15) is 0 Å². The first kappa shape index (κ1) is 10.6. The lowest BCUT2D eigenvalue weighted by Crippen LogP contribution is -2.08. The van der Waals surface area contributed by atoms with Crippen LogP contribution in [0.25, 0.3) is 0 Å². The Kier molecular flexibility index (Phi) is 4.15. The minimum atomic E-state index is 0.754. The van der Waals surface area contributed by atoms with E-state index in [1.807, 2.05) is 0 Å². The molecule has 2 aliphatic carbocycles. The predicted octanol–water partition coefficient (Wildman–Crippen LogP) is 3.41. The molecular weight excluding hydrogens is 179 g/mol. The Labute approximate surface area is 94.1 Å². The van der Waals surface area contributed by atoms with E-state index in [2.05, 4.69) is 30.1 Å². The fourth-order valence-corrected chi connectivity index (χ4v) is 2.46. The molecule has 0 aliphatic heterocycles. The molecule has 0 unspecified atom stereocenters. The second-order valence-electron chi connectivity index (χ2n) is 4.64. The highest BCUT2D eigenvalue weighted by Crippen LogP contribution is 2.24. The molecule has 0 aromatic heterocycles. The summed E-state index contributed by atoms with van der Waals surface area (Å²) in [5.74, 6) is 7.02. The van der Waals surface area contributed by atoms with Gasteiger partial charge in [0.15, 0.2) is 7.28 Å². The second kappa shape index (κ2) is 5.86. The Morgan fingerprint density at radius 1 is 1.27 bits per heavy atom. The van der Waals surface area contributed by atoms with Crippen LogP contribution in [-0.2, 0) is 0 Å². The van der Waals surface area contributed by atoms with Gasteiger partial charge < -0.3 is 0 Å². The molecule has 0 nitrogen and oxygen atoms in total. The average Bonchev–Trinajstić information content (AvgIpc) is 2.23. The molecule has 0 fully saturated rings. The van der Waals surface area contributed by atoms with Crippen molar-refractivity contribution in [3.05, 3.63) is 23.7 Å². The Hall–Kier alpha value is -0.895. The molecule has 0 saturated carbocycles. The predicted molar refractivity (Wildman–Crippen MR) is 68.2 cm³/mol. The van der Waals surface area contributed by atoms with Crippen molar-refractivity contribution in [2.75, 3.05) is 0 Å². The third-order valence-electron chi connectivity index (χ3n) is 3.34. The molecule has 15 heavy (non-hydrogen) atoms. The normalized spacial score (nSPS) is 27.7. The van der Waals surface area contributed by atoms with E-state index in [-0.39, 0.29) is 0 Å². The van der Waals surface area contributed by atoms with Crippen LogP contribution in [0.1, 0.15) is 44.9 Å². The summed E-state index contributed by atoms with van der Waals surface area (Å²) in [6.07, 6.45) is 16.0. The Morgan fingerprint density at radius 3 is 3.13 bits per heavy atom. The average molecular weight is 198 g/mol. The standard InChI is InChI=1S/C14H19B/c1-2-5-9-13(10-6-3-1)15-14-11-7-4-8-12-14/h6,10-11,13,15H,2,4-5,7-9,12H2/b10-6-/t13-/m0/s1. The van der Waals surface area contributed by atoms with Crippen molar-refractivity contribution in [3.63, 3.8) is 0 Å². The van der Waals surface area contributed by atoms with E-state index < -0.39 is 0 Å².